The first kappa shape index (κ1) is 15.7. The van der Waals surface area contributed by atoms with Gasteiger partial charge in [-0.3, -0.25) is 4.79 Å². The first-order valence-electron chi connectivity index (χ1n) is 7.95. The number of anilines is 1. The van der Waals surface area contributed by atoms with Crippen LogP contribution in [0.1, 0.15) is 21.6 Å². The van der Waals surface area contributed by atoms with Crippen LogP contribution in [0.15, 0.2) is 53.4 Å². The molecule has 1 N–H and O–H groups in total. The predicted molar refractivity (Wildman–Crippen MR) is 96.5 cm³/mol. The summed E-state index contributed by atoms with van der Waals surface area (Å²) in [6.07, 6.45) is 0.837. The van der Waals surface area contributed by atoms with Gasteiger partial charge in [0.25, 0.3) is 5.91 Å². The van der Waals surface area contributed by atoms with Crippen LogP contribution in [-0.4, -0.2) is 17.5 Å². The van der Waals surface area contributed by atoms with Gasteiger partial charge in [0.2, 0.25) is 0 Å². The molecule has 2 aromatic carbocycles. The van der Waals surface area contributed by atoms with E-state index in [1.807, 2.05) is 41.8 Å². The Balaban J connectivity index is 1.49. The number of fused-ring (bicyclic) bond motifs is 1. The Kier molecular flexibility index (Phi) is 4.35. The molecule has 0 saturated carbocycles. The number of ether oxygens (including phenoxy) is 2. The standard InChI is InChI=1S/C19H16N2O3S/c22-19(14-5-6-17-13(9-14)7-8-23-17)21-16-3-1-2-4-18(16)24-10-15-11-25-12-20-15/h1-6,9,11-12H,7-8,10H2,(H,21,22). The van der Waals surface area contributed by atoms with Gasteiger partial charge in [-0.25, -0.2) is 4.98 Å². The van der Waals surface area contributed by atoms with Crippen molar-refractivity contribution in [2.24, 2.45) is 0 Å². The minimum atomic E-state index is -0.167. The van der Waals surface area contributed by atoms with Crippen LogP contribution in [0, 0.1) is 0 Å². The highest BCUT2D eigenvalue weighted by atomic mass is 32.1. The van der Waals surface area contributed by atoms with E-state index in [9.17, 15) is 4.79 Å². The molecule has 0 unspecified atom stereocenters. The zero-order valence-corrected chi connectivity index (χ0v) is 14.2. The van der Waals surface area contributed by atoms with Gasteiger partial charge in [0.1, 0.15) is 18.1 Å². The van der Waals surface area contributed by atoms with Crippen molar-refractivity contribution >= 4 is 22.9 Å². The number of nitrogens with one attached hydrogen (secondary N) is 1. The summed E-state index contributed by atoms with van der Waals surface area (Å²) in [5.74, 6) is 1.32. The lowest BCUT2D eigenvalue weighted by Gasteiger charge is -2.12. The molecule has 3 aromatic rings. The number of hydrogen-bond acceptors (Lipinski definition) is 5. The molecule has 6 heteroatoms. The number of benzene rings is 2. The number of thiazole rings is 1. The quantitative estimate of drug-likeness (QED) is 0.756. The van der Waals surface area contributed by atoms with E-state index in [-0.39, 0.29) is 5.91 Å². The number of nitrogens with zero attached hydrogens (tertiary/aromatic N) is 1. The van der Waals surface area contributed by atoms with Crippen molar-refractivity contribution in [2.75, 3.05) is 11.9 Å². The molecule has 1 aliphatic rings. The molecule has 1 amide bonds. The Morgan fingerprint density at radius 3 is 3.08 bits per heavy atom. The molecule has 0 aliphatic carbocycles. The third-order valence-corrected chi connectivity index (χ3v) is 4.58. The molecule has 126 valence electrons. The molecular weight excluding hydrogens is 336 g/mol. The van der Waals surface area contributed by atoms with Crippen LogP contribution in [0.5, 0.6) is 11.5 Å². The van der Waals surface area contributed by atoms with Crippen LogP contribution >= 0.6 is 11.3 Å². The number of para-hydroxylation sites is 2. The van der Waals surface area contributed by atoms with Crippen LogP contribution < -0.4 is 14.8 Å². The molecule has 0 atom stereocenters. The third-order valence-electron chi connectivity index (χ3n) is 3.95. The van der Waals surface area contributed by atoms with E-state index < -0.39 is 0 Å². The molecular formula is C19H16N2O3S. The largest absolute Gasteiger partial charge is 0.493 e. The minimum absolute atomic E-state index is 0.167. The maximum Gasteiger partial charge on any atom is 0.255 e. The van der Waals surface area contributed by atoms with Crippen LogP contribution in [0.2, 0.25) is 0 Å². The van der Waals surface area contributed by atoms with Crippen molar-refractivity contribution in [3.8, 4) is 11.5 Å². The number of carbonyl (C=O) groups is 1. The topological polar surface area (TPSA) is 60.5 Å². The SMILES string of the molecule is O=C(Nc1ccccc1OCc1cscn1)c1ccc2c(c1)CCO2. The molecule has 25 heavy (non-hydrogen) atoms. The summed E-state index contributed by atoms with van der Waals surface area (Å²) in [5, 5.41) is 4.86. The Morgan fingerprint density at radius 1 is 1.28 bits per heavy atom. The van der Waals surface area contributed by atoms with E-state index in [1.54, 1.807) is 11.6 Å². The van der Waals surface area contributed by atoms with E-state index in [4.69, 9.17) is 9.47 Å². The first-order valence-corrected chi connectivity index (χ1v) is 8.90. The monoisotopic (exact) mass is 352 g/mol. The van der Waals surface area contributed by atoms with Gasteiger partial charge < -0.3 is 14.8 Å². The van der Waals surface area contributed by atoms with Crippen molar-refractivity contribution in [1.29, 1.82) is 0 Å². The molecule has 0 fully saturated rings. The van der Waals surface area contributed by atoms with Gasteiger partial charge in [-0.05, 0) is 35.9 Å². The number of aromatic nitrogens is 1. The zero-order chi connectivity index (χ0) is 17.1. The Labute approximate surface area is 149 Å². The average molecular weight is 352 g/mol. The molecule has 0 spiro atoms. The lowest BCUT2D eigenvalue weighted by atomic mass is 10.1. The van der Waals surface area contributed by atoms with Crippen molar-refractivity contribution in [1.82, 2.24) is 4.98 Å². The van der Waals surface area contributed by atoms with Crippen molar-refractivity contribution < 1.29 is 14.3 Å². The summed E-state index contributed by atoms with van der Waals surface area (Å²) in [7, 11) is 0. The number of amides is 1. The Hall–Kier alpha value is -2.86. The fourth-order valence-electron chi connectivity index (χ4n) is 2.68. The van der Waals surface area contributed by atoms with Gasteiger partial charge >= 0.3 is 0 Å². The van der Waals surface area contributed by atoms with Crippen molar-refractivity contribution in [3.05, 3.63) is 70.2 Å². The molecule has 0 saturated heterocycles. The Bertz CT molecular complexity index is 893. The number of carbonyl (C=O) groups excluding carboxylic acids is 1. The summed E-state index contributed by atoms with van der Waals surface area (Å²) in [4.78, 5) is 16.8. The van der Waals surface area contributed by atoms with Crippen LogP contribution in [0.4, 0.5) is 5.69 Å². The molecule has 5 nitrogen and oxygen atoms in total. The summed E-state index contributed by atoms with van der Waals surface area (Å²) in [5.41, 5.74) is 4.95. The molecule has 1 aromatic heterocycles. The lowest BCUT2D eigenvalue weighted by Crippen LogP contribution is -2.13. The smallest absolute Gasteiger partial charge is 0.255 e. The van der Waals surface area contributed by atoms with E-state index in [0.717, 1.165) is 23.4 Å². The fraction of sp³-hybridized carbons (Fsp3) is 0.158. The van der Waals surface area contributed by atoms with Gasteiger partial charge in [0, 0.05) is 17.4 Å². The summed E-state index contributed by atoms with van der Waals surface area (Å²) < 4.78 is 11.3. The number of hydrogen-bond donors (Lipinski definition) is 1. The van der Waals surface area contributed by atoms with Crippen molar-refractivity contribution in [2.45, 2.75) is 13.0 Å². The second kappa shape index (κ2) is 6.94. The maximum absolute atomic E-state index is 12.6. The molecule has 4 rings (SSSR count). The van der Waals surface area contributed by atoms with Crippen LogP contribution in [0.3, 0.4) is 0 Å². The van der Waals surface area contributed by atoms with E-state index >= 15 is 0 Å². The maximum atomic E-state index is 12.6. The molecule has 0 radical (unpaired) electrons. The molecule has 2 heterocycles. The van der Waals surface area contributed by atoms with Gasteiger partial charge in [-0.2, -0.15) is 0 Å². The zero-order valence-electron chi connectivity index (χ0n) is 13.4. The number of rotatable bonds is 5. The minimum Gasteiger partial charge on any atom is -0.493 e. The lowest BCUT2D eigenvalue weighted by molar-refractivity contribution is 0.102. The highest BCUT2D eigenvalue weighted by Gasteiger charge is 2.16. The summed E-state index contributed by atoms with van der Waals surface area (Å²) >= 11 is 1.53. The van der Waals surface area contributed by atoms with Gasteiger partial charge in [0.05, 0.1) is 23.5 Å². The second-order valence-electron chi connectivity index (χ2n) is 5.64. The van der Waals surface area contributed by atoms with Gasteiger partial charge in [0.15, 0.2) is 0 Å². The predicted octanol–water partition coefficient (Wildman–Crippen LogP) is 3.91. The van der Waals surface area contributed by atoms with Gasteiger partial charge in [-0.1, -0.05) is 12.1 Å². The van der Waals surface area contributed by atoms with E-state index in [1.165, 1.54) is 11.3 Å². The summed E-state index contributed by atoms with van der Waals surface area (Å²) in [6.45, 7) is 1.04. The third kappa shape index (κ3) is 3.49. The molecule has 0 bridgehead atoms. The average Bonchev–Trinajstić information content (AvgIpc) is 3.31. The van der Waals surface area contributed by atoms with Crippen LogP contribution in [-0.2, 0) is 13.0 Å². The van der Waals surface area contributed by atoms with Gasteiger partial charge in [-0.15, -0.1) is 11.3 Å². The Morgan fingerprint density at radius 2 is 2.20 bits per heavy atom. The van der Waals surface area contributed by atoms with Crippen molar-refractivity contribution in [3.63, 3.8) is 0 Å². The van der Waals surface area contributed by atoms with Crippen LogP contribution in [0.25, 0.3) is 0 Å². The highest BCUT2D eigenvalue weighted by Crippen LogP contribution is 2.28. The van der Waals surface area contributed by atoms with E-state index in [2.05, 4.69) is 10.3 Å². The second-order valence-corrected chi connectivity index (χ2v) is 6.36. The highest BCUT2D eigenvalue weighted by molar-refractivity contribution is 7.07. The molecule has 1 aliphatic heterocycles. The summed E-state index contributed by atoms with van der Waals surface area (Å²) in [6, 6.07) is 12.9. The normalized spacial score (nSPS) is 12.3. The first-order chi connectivity index (χ1) is 12.3. The fourth-order valence-corrected chi connectivity index (χ4v) is 3.22. The van der Waals surface area contributed by atoms with E-state index in [0.29, 0.717) is 30.2 Å².